The van der Waals surface area contributed by atoms with E-state index in [0.29, 0.717) is 18.9 Å². The zero-order chi connectivity index (χ0) is 11.7. The van der Waals surface area contributed by atoms with Crippen LogP contribution in [0.5, 0.6) is 0 Å². The highest BCUT2D eigenvalue weighted by atomic mass is 16.1. The highest BCUT2D eigenvalue weighted by Crippen LogP contribution is 2.15. The number of nitrogens with zero attached hydrogens (tertiary/aromatic N) is 4. The van der Waals surface area contributed by atoms with E-state index in [1.54, 1.807) is 0 Å². The van der Waals surface area contributed by atoms with Gasteiger partial charge in [0.15, 0.2) is 5.78 Å². The standard InChI is InChI=1S/C12H12N4O/c17-9-4-3-7-16(8-9)12-13-10-5-1-2-6-11(10)14-15-12/h1-2,5-6H,3-4,7-8H2. The Kier molecular flexibility index (Phi) is 2.44. The van der Waals surface area contributed by atoms with Crippen molar-refractivity contribution in [2.45, 2.75) is 12.8 Å². The number of carbonyl (C=O) groups excluding carboxylic acids is 1. The van der Waals surface area contributed by atoms with Gasteiger partial charge in [-0.3, -0.25) is 4.79 Å². The van der Waals surface area contributed by atoms with E-state index in [1.165, 1.54) is 0 Å². The van der Waals surface area contributed by atoms with Crippen molar-refractivity contribution in [3.63, 3.8) is 0 Å². The maximum Gasteiger partial charge on any atom is 0.246 e. The highest BCUT2D eigenvalue weighted by molar-refractivity contribution is 5.84. The number of rotatable bonds is 1. The van der Waals surface area contributed by atoms with Crippen molar-refractivity contribution in [2.75, 3.05) is 18.0 Å². The van der Waals surface area contributed by atoms with Gasteiger partial charge in [0.05, 0.1) is 12.1 Å². The molecule has 0 saturated carbocycles. The van der Waals surface area contributed by atoms with Crippen LogP contribution in [0.15, 0.2) is 24.3 Å². The molecule has 2 heterocycles. The topological polar surface area (TPSA) is 59.0 Å². The van der Waals surface area contributed by atoms with Gasteiger partial charge in [0.25, 0.3) is 0 Å². The van der Waals surface area contributed by atoms with Crippen LogP contribution in [0.25, 0.3) is 11.0 Å². The number of para-hydroxylation sites is 1. The molecule has 1 aromatic heterocycles. The van der Waals surface area contributed by atoms with E-state index in [0.717, 1.165) is 24.0 Å². The summed E-state index contributed by atoms with van der Waals surface area (Å²) in [6.07, 6.45) is 1.53. The highest BCUT2D eigenvalue weighted by Gasteiger charge is 2.19. The number of Topliss-reactive ketones (excluding diaryl/α,β-unsaturated/α-hetero) is 1. The lowest BCUT2D eigenvalue weighted by Crippen LogP contribution is -2.36. The van der Waals surface area contributed by atoms with Crippen LogP contribution in [0, 0.1) is 0 Å². The Morgan fingerprint density at radius 1 is 1.12 bits per heavy atom. The summed E-state index contributed by atoms with van der Waals surface area (Å²) in [5.74, 6) is 0.796. The SMILES string of the molecule is O=C1CCCN(c2nnc3ccccc3n2)C1. The molecule has 0 atom stereocenters. The van der Waals surface area contributed by atoms with Gasteiger partial charge in [0.1, 0.15) is 5.52 Å². The predicted octanol–water partition coefficient (Wildman–Crippen LogP) is 1.19. The van der Waals surface area contributed by atoms with Crippen molar-refractivity contribution >= 4 is 22.8 Å². The molecule has 0 radical (unpaired) electrons. The first-order valence-electron chi connectivity index (χ1n) is 5.69. The Morgan fingerprint density at radius 3 is 2.76 bits per heavy atom. The molecule has 86 valence electrons. The van der Waals surface area contributed by atoms with Crippen LogP contribution in [-0.4, -0.2) is 34.1 Å². The number of ketones is 1. The van der Waals surface area contributed by atoms with Crippen molar-refractivity contribution in [3.8, 4) is 0 Å². The Labute approximate surface area is 98.5 Å². The number of benzene rings is 1. The third-order valence-corrected chi connectivity index (χ3v) is 2.88. The third-order valence-electron chi connectivity index (χ3n) is 2.88. The largest absolute Gasteiger partial charge is 0.332 e. The molecule has 2 aromatic rings. The van der Waals surface area contributed by atoms with E-state index < -0.39 is 0 Å². The second-order valence-corrected chi connectivity index (χ2v) is 4.16. The maximum atomic E-state index is 11.4. The second kappa shape index (κ2) is 4.08. The minimum atomic E-state index is 0.244. The fourth-order valence-corrected chi connectivity index (χ4v) is 2.01. The number of anilines is 1. The second-order valence-electron chi connectivity index (χ2n) is 4.16. The van der Waals surface area contributed by atoms with E-state index in [-0.39, 0.29) is 5.78 Å². The normalized spacial score (nSPS) is 16.5. The van der Waals surface area contributed by atoms with Gasteiger partial charge in [-0.05, 0) is 18.6 Å². The molecule has 0 N–H and O–H groups in total. The zero-order valence-corrected chi connectivity index (χ0v) is 9.33. The lowest BCUT2D eigenvalue weighted by molar-refractivity contribution is -0.118. The summed E-state index contributed by atoms with van der Waals surface area (Å²) in [7, 11) is 0. The van der Waals surface area contributed by atoms with Crippen LogP contribution >= 0.6 is 0 Å². The molecule has 1 saturated heterocycles. The minimum Gasteiger partial charge on any atom is -0.332 e. The zero-order valence-electron chi connectivity index (χ0n) is 9.33. The number of fused-ring (bicyclic) bond motifs is 1. The molecule has 3 rings (SSSR count). The van der Waals surface area contributed by atoms with E-state index in [9.17, 15) is 4.79 Å². The monoisotopic (exact) mass is 228 g/mol. The van der Waals surface area contributed by atoms with Crippen molar-refractivity contribution in [2.24, 2.45) is 0 Å². The Morgan fingerprint density at radius 2 is 1.94 bits per heavy atom. The maximum absolute atomic E-state index is 11.4. The molecule has 17 heavy (non-hydrogen) atoms. The van der Waals surface area contributed by atoms with Gasteiger partial charge in [-0.2, -0.15) is 0 Å². The van der Waals surface area contributed by atoms with Gasteiger partial charge in [-0.15, -0.1) is 10.2 Å². The molecule has 1 aromatic carbocycles. The number of hydrogen-bond donors (Lipinski definition) is 0. The van der Waals surface area contributed by atoms with E-state index in [4.69, 9.17) is 0 Å². The van der Waals surface area contributed by atoms with Gasteiger partial charge in [-0.25, -0.2) is 4.98 Å². The van der Waals surface area contributed by atoms with Crippen molar-refractivity contribution < 1.29 is 4.79 Å². The summed E-state index contributed by atoms with van der Waals surface area (Å²) in [5, 5.41) is 8.19. The van der Waals surface area contributed by atoms with Crippen LogP contribution in [0.3, 0.4) is 0 Å². The molecular formula is C12H12N4O. The Hall–Kier alpha value is -2.04. The molecule has 5 heteroatoms. The number of aromatic nitrogens is 3. The molecule has 1 aliphatic heterocycles. The van der Waals surface area contributed by atoms with Crippen molar-refractivity contribution in [3.05, 3.63) is 24.3 Å². The summed E-state index contributed by atoms with van der Waals surface area (Å²) in [5.41, 5.74) is 1.59. The van der Waals surface area contributed by atoms with Crippen LogP contribution in [-0.2, 0) is 4.79 Å². The number of hydrogen-bond acceptors (Lipinski definition) is 5. The van der Waals surface area contributed by atoms with Crippen LogP contribution < -0.4 is 4.90 Å². The van der Waals surface area contributed by atoms with Gasteiger partial charge in [0, 0.05) is 13.0 Å². The fraction of sp³-hybridized carbons (Fsp3) is 0.333. The van der Waals surface area contributed by atoms with Crippen LogP contribution in [0.1, 0.15) is 12.8 Å². The van der Waals surface area contributed by atoms with Crippen LogP contribution in [0.4, 0.5) is 5.95 Å². The predicted molar refractivity (Wildman–Crippen MR) is 63.8 cm³/mol. The molecule has 1 fully saturated rings. The molecule has 0 bridgehead atoms. The first-order chi connectivity index (χ1) is 8.33. The summed E-state index contributed by atoms with van der Waals surface area (Å²) in [6.45, 7) is 1.23. The molecule has 0 aliphatic carbocycles. The quantitative estimate of drug-likeness (QED) is 0.733. The molecule has 1 aliphatic rings. The first-order valence-corrected chi connectivity index (χ1v) is 5.69. The van der Waals surface area contributed by atoms with Crippen molar-refractivity contribution in [1.82, 2.24) is 15.2 Å². The fourth-order valence-electron chi connectivity index (χ4n) is 2.01. The summed E-state index contributed by atoms with van der Waals surface area (Å²) in [4.78, 5) is 17.7. The summed E-state index contributed by atoms with van der Waals surface area (Å²) >= 11 is 0. The number of carbonyl (C=O) groups is 1. The molecule has 0 amide bonds. The van der Waals surface area contributed by atoms with E-state index >= 15 is 0 Å². The van der Waals surface area contributed by atoms with Crippen molar-refractivity contribution in [1.29, 1.82) is 0 Å². The molecule has 0 spiro atoms. The minimum absolute atomic E-state index is 0.244. The van der Waals surface area contributed by atoms with Gasteiger partial charge < -0.3 is 4.90 Å². The van der Waals surface area contributed by atoms with E-state index in [1.807, 2.05) is 29.2 Å². The average molecular weight is 228 g/mol. The molecule has 5 nitrogen and oxygen atoms in total. The lowest BCUT2D eigenvalue weighted by atomic mass is 10.1. The smallest absolute Gasteiger partial charge is 0.246 e. The Bertz CT molecular complexity index is 569. The summed E-state index contributed by atoms with van der Waals surface area (Å²) < 4.78 is 0. The third kappa shape index (κ3) is 1.95. The van der Waals surface area contributed by atoms with Crippen LogP contribution in [0.2, 0.25) is 0 Å². The van der Waals surface area contributed by atoms with Gasteiger partial charge in [0.2, 0.25) is 5.95 Å². The lowest BCUT2D eigenvalue weighted by Gasteiger charge is -2.25. The average Bonchev–Trinajstić information content (AvgIpc) is 2.38. The summed E-state index contributed by atoms with van der Waals surface area (Å²) in [6, 6.07) is 7.60. The molecular weight excluding hydrogens is 216 g/mol. The Balaban J connectivity index is 1.97. The number of piperidine rings is 1. The van der Waals surface area contributed by atoms with Gasteiger partial charge in [-0.1, -0.05) is 12.1 Å². The first kappa shape index (κ1) is 10.1. The van der Waals surface area contributed by atoms with Gasteiger partial charge >= 0.3 is 0 Å². The molecule has 0 unspecified atom stereocenters. The van der Waals surface area contributed by atoms with E-state index in [2.05, 4.69) is 15.2 Å².